The number of sulfonamides is 1. The monoisotopic (exact) mass is 487 g/mol. The summed E-state index contributed by atoms with van der Waals surface area (Å²) in [6, 6.07) is 14.8. The van der Waals surface area contributed by atoms with Crippen LogP contribution in [0.1, 0.15) is 5.76 Å². The van der Waals surface area contributed by atoms with Crippen LogP contribution in [0.5, 0.6) is 0 Å². The zero-order valence-electron chi connectivity index (χ0n) is 17.5. The summed E-state index contributed by atoms with van der Waals surface area (Å²) in [5, 5.41) is 2.97. The van der Waals surface area contributed by atoms with E-state index in [0.29, 0.717) is 43.4 Å². The molecule has 2 aromatic carbocycles. The summed E-state index contributed by atoms with van der Waals surface area (Å²) in [5.41, 5.74) is 1.12. The first-order chi connectivity index (χ1) is 15.9. The van der Waals surface area contributed by atoms with E-state index in [4.69, 9.17) is 20.8 Å². The third-order valence-corrected chi connectivity index (χ3v) is 6.65. The van der Waals surface area contributed by atoms with Crippen molar-refractivity contribution in [3.8, 4) is 0 Å². The molecule has 2 N–H and O–H groups in total. The Morgan fingerprint density at radius 1 is 1.06 bits per heavy atom. The minimum Gasteiger partial charge on any atom is -0.465 e. The van der Waals surface area contributed by atoms with Gasteiger partial charge in [-0.2, -0.15) is 0 Å². The molecule has 10 heteroatoms. The van der Waals surface area contributed by atoms with Crippen LogP contribution in [0, 0.1) is 0 Å². The van der Waals surface area contributed by atoms with Gasteiger partial charge >= 0.3 is 0 Å². The highest BCUT2D eigenvalue weighted by Crippen LogP contribution is 2.32. The number of hydrogen-bond acceptors (Lipinski definition) is 6. The van der Waals surface area contributed by atoms with Gasteiger partial charge in [0.05, 0.1) is 35.9 Å². The van der Waals surface area contributed by atoms with Gasteiger partial charge < -0.3 is 19.4 Å². The lowest BCUT2D eigenvalue weighted by molar-refractivity contribution is -0.111. The van der Waals surface area contributed by atoms with Crippen molar-refractivity contribution in [2.75, 3.05) is 41.2 Å². The minimum absolute atomic E-state index is 0.0251. The van der Waals surface area contributed by atoms with E-state index >= 15 is 0 Å². The molecule has 1 fully saturated rings. The summed E-state index contributed by atoms with van der Waals surface area (Å²) in [5.74, 6) is 0.105. The number of nitrogens with one attached hydrogen (secondary N) is 2. The molecule has 0 unspecified atom stereocenters. The number of amides is 1. The average Bonchev–Trinajstić information content (AvgIpc) is 3.33. The van der Waals surface area contributed by atoms with Crippen molar-refractivity contribution >= 4 is 50.7 Å². The molecule has 1 aliphatic rings. The first-order valence-corrected chi connectivity index (χ1v) is 12.1. The van der Waals surface area contributed by atoms with Gasteiger partial charge in [0, 0.05) is 24.9 Å². The van der Waals surface area contributed by atoms with Gasteiger partial charge in [0.2, 0.25) is 5.91 Å². The van der Waals surface area contributed by atoms with Crippen molar-refractivity contribution in [1.29, 1.82) is 0 Å². The van der Waals surface area contributed by atoms with Crippen LogP contribution in [-0.2, 0) is 19.6 Å². The van der Waals surface area contributed by atoms with Crippen molar-refractivity contribution in [3.63, 3.8) is 0 Å². The molecule has 0 aliphatic carbocycles. The van der Waals surface area contributed by atoms with E-state index in [0.717, 1.165) is 0 Å². The van der Waals surface area contributed by atoms with Crippen molar-refractivity contribution < 1.29 is 22.4 Å². The zero-order chi connectivity index (χ0) is 23.3. The van der Waals surface area contributed by atoms with Crippen molar-refractivity contribution in [1.82, 2.24) is 0 Å². The van der Waals surface area contributed by atoms with Crippen molar-refractivity contribution in [2.24, 2.45) is 0 Å². The third-order valence-electron chi connectivity index (χ3n) is 4.93. The highest BCUT2D eigenvalue weighted by Gasteiger charge is 2.25. The van der Waals surface area contributed by atoms with Gasteiger partial charge in [0.25, 0.3) is 10.0 Å². The molecule has 1 aromatic heterocycles. The molecule has 172 valence electrons. The Hall–Kier alpha value is -3.27. The van der Waals surface area contributed by atoms with E-state index in [9.17, 15) is 13.2 Å². The Balaban J connectivity index is 1.64. The van der Waals surface area contributed by atoms with Gasteiger partial charge in [-0.3, -0.25) is 9.52 Å². The Morgan fingerprint density at radius 2 is 1.85 bits per heavy atom. The largest absolute Gasteiger partial charge is 0.465 e. The number of morpholine rings is 1. The number of ether oxygens (including phenoxy) is 1. The highest BCUT2D eigenvalue weighted by atomic mass is 35.5. The number of para-hydroxylation sites is 1. The van der Waals surface area contributed by atoms with E-state index in [1.165, 1.54) is 24.5 Å². The number of anilines is 3. The molecule has 0 radical (unpaired) electrons. The molecule has 3 aromatic rings. The van der Waals surface area contributed by atoms with Crippen molar-refractivity contribution in [2.45, 2.75) is 4.90 Å². The van der Waals surface area contributed by atoms with E-state index in [1.54, 1.807) is 48.5 Å². The number of carbonyl (C=O) groups excluding carboxylic acids is 1. The molecule has 4 rings (SSSR count). The fourth-order valence-electron chi connectivity index (χ4n) is 3.34. The van der Waals surface area contributed by atoms with Crippen LogP contribution in [0.4, 0.5) is 17.1 Å². The molecule has 0 saturated carbocycles. The van der Waals surface area contributed by atoms with Gasteiger partial charge in [-0.1, -0.05) is 23.7 Å². The smallest absolute Gasteiger partial charge is 0.264 e. The molecular weight excluding hydrogens is 466 g/mol. The van der Waals surface area contributed by atoms with Gasteiger partial charge in [-0.15, -0.1) is 0 Å². The highest BCUT2D eigenvalue weighted by molar-refractivity contribution is 7.93. The molecule has 1 saturated heterocycles. The maximum atomic E-state index is 13.4. The maximum absolute atomic E-state index is 13.4. The number of carbonyl (C=O) groups is 1. The molecule has 8 nitrogen and oxygen atoms in total. The SMILES string of the molecule is O=C(/C=C/c1ccco1)Nc1ccc(N2CCOCC2)c(S(=O)(=O)Nc2ccccc2Cl)c1. The zero-order valence-corrected chi connectivity index (χ0v) is 19.1. The first-order valence-electron chi connectivity index (χ1n) is 10.2. The fraction of sp³-hybridized carbons (Fsp3) is 0.174. The second-order valence-corrected chi connectivity index (χ2v) is 9.26. The van der Waals surface area contributed by atoms with Gasteiger partial charge in [0.1, 0.15) is 10.7 Å². The van der Waals surface area contributed by atoms with Crippen LogP contribution >= 0.6 is 11.6 Å². The Labute approximate surface area is 196 Å². The van der Waals surface area contributed by atoms with E-state index in [-0.39, 0.29) is 15.6 Å². The van der Waals surface area contributed by atoms with Crippen LogP contribution < -0.4 is 14.9 Å². The molecule has 33 heavy (non-hydrogen) atoms. The Bertz CT molecular complexity index is 1250. The summed E-state index contributed by atoms with van der Waals surface area (Å²) < 4.78 is 39.9. The minimum atomic E-state index is -4.02. The molecule has 0 atom stereocenters. The Morgan fingerprint density at radius 3 is 2.58 bits per heavy atom. The molecular formula is C23H22ClN3O5S. The number of halogens is 1. The first kappa shape index (κ1) is 22.9. The summed E-state index contributed by atoms with van der Waals surface area (Å²) >= 11 is 6.16. The lowest BCUT2D eigenvalue weighted by Crippen LogP contribution is -2.37. The number of benzene rings is 2. The summed E-state index contributed by atoms with van der Waals surface area (Å²) in [6.45, 7) is 2.08. The number of furan rings is 1. The fourth-order valence-corrected chi connectivity index (χ4v) is 4.92. The summed E-state index contributed by atoms with van der Waals surface area (Å²) in [6.07, 6.45) is 4.34. The molecule has 1 aliphatic heterocycles. The number of hydrogen-bond donors (Lipinski definition) is 2. The van der Waals surface area contributed by atoms with E-state index in [1.807, 2.05) is 4.90 Å². The molecule has 2 heterocycles. The predicted octanol–water partition coefficient (Wildman–Crippen LogP) is 4.22. The van der Waals surface area contributed by atoms with Crippen LogP contribution in [-0.4, -0.2) is 40.6 Å². The van der Waals surface area contributed by atoms with Gasteiger partial charge in [-0.05, 0) is 48.5 Å². The van der Waals surface area contributed by atoms with Gasteiger partial charge in [-0.25, -0.2) is 8.42 Å². The van der Waals surface area contributed by atoms with Crippen LogP contribution in [0.25, 0.3) is 6.08 Å². The van der Waals surface area contributed by atoms with E-state index in [2.05, 4.69) is 10.0 Å². The Kier molecular flexibility index (Phi) is 7.02. The molecule has 0 bridgehead atoms. The lowest BCUT2D eigenvalue weighted by Gasteiger charge is -2.30. The lowest BCUT2D eigenvalue weighted by atomic mass is 10.2. The van der Waals surface area contributed by atoms with Crippen LogP contribution in [0.2, 0.25) is 5.02 Å². The second kappa shape index (κ2) is 10.1. The number of rotatable bonds is 7. The molecule has 0 spiro atoms. The summed E-state index contributed by atoms with van der Waals surface area (Å²) in [4.78, 5) is 14.3. The summed E-state index contributed by atoms with van der Waals surface area (Å²) in [7, 11) is -4.02. The maximum Gasteiger partial charge on any atom is 0.264 e. The second-order valence-electron chi connectivity index (χ2n) is 7.21. The van der Waals surface area contributed by atoms with Crippen LogP contribution in [0.3, 0.4) is 0 Å². The predicted molar refractivity (Wildman–Crippen MR) is 128 cm³/mol. The normalized spacial score (nSPS) is 14.4. The number of nitrogens with zero attached hydrogens (tertiary/aromatic N) is 1. The molecule has 1 amide bonds. The van der Waals surface area contributed by atoms with Gasteiger partial charge in [0.15, 0.2) is 0 Å². The average molecular weight is 488 g/mol. The standard InChI is InChI=1S/C23H22ClN3O5S/c24-19-5-1-2-6-20(19)26-33(29,30)22-16-17(7-9-21(22)27-11-14-31-15-12-27)25-23(28)10-8-18-4-3-13-32-18/h1-10,13,16,26H,11-12,14-15H2,(H,25,28)/b10-8+. The van der Waals surface area contributed by atoms with E-state index < -0.39 is 15.9 Å². The van der Waals surface area contributed by atoms with Crippen molar-refractivity contribution in [3.05, 3.63) is 77.7 Å². The topological polar surface area (TPSA) is 101 Å². The quantitative estimate of drug-likeness (QED) is 0.484. The third kappa shape index (κ3) is 5.75. The van der Waals surface area contributed by atoms with Crippen LogP contribution in [0.15, 0.2) is 76.2 Å².